The van der Waals surface area contributed by atoms with Crippen LogP contribution in [0, 0.1) is 13.8 Å². The maximum absolute atomic E-state index is 12.5. The Hall–Kier alpha value is -3.58. The molecule has 0 aliphatic carbocycles. The predicted molar refractivity (Wildman–Crippen MR) is 129 cm³/mol. The molecule has 0 unspecified atom stereocenters. The molecule has 1 amide bonds. The van der Waals surface area contributed by atoms with Gasteiger partial charge >= 0.3 is 5.97 Å². The summed E-state index contributed by atoms with van der Waals surface area (Å²) in [7, 11) is 0. The van der Waals surface area contributed by atoms with Crippen LogP contribution in [-0.2, 0) is 11.2 Å². The van der Waals surface area contributed by atoms with E-state index in [1.165, 1.54) is 17.3 Å². The topological polar surface area (TPSA) is 83.7 Å². The summed E-state index contributed by atoms with van der Waals surface area (Å²) in [5.41, 5.74) is 5.45. The molecule has 0 saturated carbocycles. The second kappa shape index (κ2) is 8.88. The Morgan fingerprint density at radius 1 is 1.16 bits per heavy atom. The molecule has 0 atom stereocenters. The Kier molecular flexibility index (Phi) is 6.01. The molecule has 3 aromatic rings. The van der Waals surface area contributed by atoms with Crippen molar-refractivity contribution in [1.82, 2.24) is 9.88 Å². The molecular formula is C25H23N3O3S. The van der Waals surface area contributed by atoms with Gasteiger partial charge in [0.1, 0.15) is 0 Å². The fourth-order valence-corrected chi connectivity index (χ4v) is 4.53. The molecule has 0 spiro atoms. The molecule has 2 heterocycles. The molecule has 4 rings (SSSR count). The number of thioether (sulfide) groups is 1. The van der Waals surface area contributed by atoms with Gasteiger partial charge in [-0.3, -0.25) is 4.79 Å². The number of nitrogens with one attached hydrogen (secondary N) is 1. The van der Waals surface area contributed by atoms with E-state index in [1.54, 1.807) is 18.2 Å². The summed E-state index contributed by atoms with van der Waals surface area (Å²) in [5.74, 6) is -1.18. The van der Waals surface area contributed by atoms with Gasteiger partial charge in [0.2, 0.25) is 0 Å². The van der Waals surface area contributed by atoms with Gasteiger partial charge in [0.15, 0.2) is 5.17 Å². The molecule has 1 saturated heterocycles. The van der Waals surface area contributed by atoms with E-state index in [-0.39, 0.29) is 11.5 Å². The van der Waals surface area contributed by atoms with Crippen molar-refractivity contribution >= 4 is 40.6 Å². The van der Waals surface area contributed by atoms with Crippen LogP contribution in [0.25, 0.3) is 11.8 Å². The van der Waals surface area contributed by atoms with E-state index in [1.807, 2.05) is 60.9 Å². The van der Waals surface area contributed by atoms with Crippen LogP contribution in [-0.4, -0.2) is 26.7 Å². The third-order valence-corrected chi connectivity index (χ3v) is 6.27. The summed E-state index contributed by atoms with van der Waals surface area (Å²) < 4.78 is 1.90. The van der Waals surface area contributed by atoms with Crippen molar-refractivity contribution in [2.45, 2.75) is 27.2 Å². The second-order valence-electron chi connectivity index (χ2n) is 7.49. The van der Waals surface area contributed by atoms with E-state index in [2.05, 4.69) is 17.2 Å². The van der Waals surface area contributed by atoms with Gasteiger partial charge in [-0.25, -0.2) is 9.79 Å². The largest absolute Gasteiger partial charge is 0.478 e. The number of benzene rings is 2. The van der Waals surface area contributed by atoms with Crippen LogP contribution in [0.5, 0.6) is 0 Å². The lowest BCUT2D eigenvalue weighted by Crippen LogP contribution is -2.19. The Bertz CT molecular complexity index is 1270. The minimum atomic E-state index is -0.980. The highest BCUT2D eigenvalue weighted by atomic mass is 32.2. The quantitative estimate of drug-likeness (QED) is 0.526. The summed E-state index contributed by atoms with van der Waals surface area (Å²) in [4.78, 5) is 29.3. The molecule has 1 aliphatic heterocycles. The zero-order valence-electron chi connectivity index (χ0n) is 18.0. The zero-order valence-corrected chi connectivity index (χ0v) is 18.9. The van der Waals surface area contributed by atoms with Crippen LogP contribution in [0.15, 0.2) is 64.5 Å². The molecular weight excluding hydrogens is 422 g/mol. The highest BCUT2D eigenvalue weighted by Gasteiger charge is 2.25. The number of aliphatic imine (C=N–C) groups is 1. The first-order chi connectivity index (χ1) is 15.4. The van der Waals surface area contributed by atoms with Gasteiger partial charge in [0, 0.05) is 11.4 Å². The average Bonchev–Trinajstić information content (AvgIpc) is 3.26. The number of aromatic carboxylic acids is 1. The van der Waals surface area contributed by atoms with Crippen LogP contribution in [0.2, 0.25) is 0 Å². The van der Waals surface area contributed by atoms with Crippen molar-refractivity contribution in [3.63, 3.8) is 0 Å². The lowest BCUT2D eigenvalue weighted by molar-refractivity contribution is -0.115. The van der Waals surface area contributed by atoms with Crippen molar-refractivity contribution in [2.75, 3.05) is 0 Å². The number of hydrogen-bond donors (Lipinski definition) is 2. The monoisotopic (exact) mass is 445 g/mol. The van der Waals surface area contributed by atoms with Crippen LogP contribution in [0.3, 0.4) is 0 Å². The van der Waals surface area contributed by atoms with Crippen molar-refractivity contribution < 1.29 is 14.7 Å². The Balaban J connectivity index is 1.65. The Morgan fingerprint density at radius 3 is 2.56 bits per heavy atom. The lowest BCUT2D eigenvalue weighted by atomic mass is 10.1. The molecule has 1 aromatic heterocycles. The summed E-state index contributed by atoms with van der Waals surface area (Å²) in [6.45, 7) is 5.93. The first-order valence-corrected chi connectivity index (χ1v) is 11.1. The van der Waals surface area contributed by atoms with E-state index in [4.69, 9.17) is 0 Å². The van der Waals surface area contributed by atoms with Gasteiger partial charge in [-0.15, -0.1) is 0 Å². The molecule has 1 fully saturated rings. The van der Waals surface area contributed by atoms with Crippen molar-refractivity contribution in [3.05, 3.63) is 87.6 Å². The first-order valence-electron chi connectivity index (χ1n) is 10.3. The SMILES string of the molecule is CCc1ccc(N=C2NC(=O)/C(=C/c3cc(C)n(-c4ccccc4C(=O)O)c3C)S2)cc1. The highest BCUT2D eigenvalue weighted by molar-refractivity contribution is 8.18. The second-order valence-corrected chi connectivity index (χ2v) is 8.52. The maximum Gasteiger partial charge on any atom is 0.337 e. The zero-order chi connectivity index (χ0) is 22.8. The van der Waals surface area contributed by atoms with Crippen LogP contribution >= 0.6 is 11.8 Å². The molecule has 2 N–H and O–H groups in total. The molecule has 2 aromatic carbocycles. The predicted octanol–water partition coefficient (Wildman–Crippen LogP) is 5.25. The number of hydrogen-bond acceptors (Lipinski definition) is 4. The van der Waals surface area contributed by atoms with Crippen molar-refractivity contribution in [1.29, 1.82) is 0 Å². The molecule has 32 heavy (non-hydrogen) atoms. The number of para-hydroxylation sites is 1. The number of rotatable bonds is 5. The van der Waals surface area contributed by atoms with E-state index in [0.29, 0.717) is 15.8 Å². The van der Waals surface area contributed by atoms with E-state index >= 15 is 0 Å². The van der Waals surface area contributed by atoms with E-state index in [0.717, 1.165) is 29.1 Å². The standard InChI is InChI=1S/C25H23N3O3S/c1-4-17-9-11-19(12-10-17)26-25-27-23(29)22(32-25)14-18-13-15(2)28(16(18)3)21-8-6-5-7-20(21)24(30)31/h5-14H,4H2,1-3H3,(H,30,31)(H,26,27,29)/b22-14-. The lowest BCUT2D eigenvalue weighted by Gasteiger charge is -2.12. The number of aryl methyl sites for hydroxylation is 2. The summed E-state index contributed by atoms with van der Waals surface area (Å²) in [6.07, 6.45) is 2.79. The maximum atomic E-state index is 12.5. The van der Waals surface area contributed by atoms with Crippen LogP contribution < -0.4 is 5.32 Å². The van der Waals surface area contributed by atoms with Gasteiger partial charge in [-0.1, -0.05) is 31.2 Å². The summed E-state index contributed by atoms with van der Waals surface area (Å²) in [5, 5.41) is 12.9. The summed E-state index contributed by atoms with van der Waals surface area (Å²) >= 11 is 1.29. The fraction of sp³-hybridized carbons (Fsp3) is 0.160. The van der Waals surface area contributed by atoms with Crippen LogP contribution in [0.4, 0.5) is 5.69 Å². The number of carbonyl (C=O) groups excluding carboxylic acids is 1. The van der Waals surface area contributed by atoms with Gasteiger partial charge in [0.05, 0.1) is 21.8 Å². The highest BCUT2D eigenvalue weighted by Crippen LogP contribution is 2.31. The summed E-state index contributed by atoms with van der Waals surface area (Å²) in [6, 6.07) is 16.8. The van der Waals surface area contributed by atoms with E-state index < -0.39 is 5.97 Å². The van der Waals surface area contributed by atoms with Crippen LogP contribution in [0.1, 0.15) is 39.8 Å². The average molecular weight is 446 g/mol. The molecule has 0 bridgehead atoms. The Labute approximate surface area is 190 Å². The number of amides is 1. The number of carboxylic acids is 1. The van der Waals surface area contributed by atoms with Gasteiger partial charge in [-0.05, 0) is 79.6 Å². The third kappa shape index (κ3) is 4.24. The minimum Gasteiger partial charge on any atom is -0.478 e. The number of carboxylic acid groups (broad SMARTS) is 1. The molecule has 6 nitrogen and oxygen atoms in total. The minimum absolute atomic E-state index is 0.199. The van der Waals surface area contributed by atoms with Crippen molar-refractivity contribution in [3.8, 4) is 5.69 Å². The normalized spacial score (nSPS) is 16.0. The molecule has 0 radical (unpaired) electrons. The Morgan fingerprint density at radius 2 is 1.88 bits per heavy atom. The molecule has 162 valence electrons. The number of aromatic nitrogens is 1. The number of nitrogens with zero attached hydrogens (tertiary/aromatic N) is 2. The molecule has 1 aliphatic rings. The van der Waals surface area contributed by atoms with Gasteiger partial charge < -0.3 is 15.0 Å². The van der Waals surface area contributed by atoms with Gasteiger partial charge in [-0.2, -0.15) is 0 Å². The smallest absolute Gasteiger partial charge is 0.337 e. The van der Waals surface area contributed by atoms with E-state index in [9.17, 15) is 14.7 Å². The number of carbonyl (C=O) groups is 2. The number of amidine groups is 1. The first kappa shape index (κ1) is 21.6. The fourth-order valence-electron chi connectivity index (χ4n) is 3.70. The third-order valence-electron chi connectivity index (χ3n) is 5.36. The van der Waals surface area contributed by atoms with Gasteiger partial charge in [0.25, 0.3) is 5.91 Å². The van der Waals surface area contributed by atoms with Crippen molar-refractivity contribution in [2.24, 2.45) is 4.99 Å². The molecule has 7 heteroatoms.